The number of rotatable bonds is 29. The molecule has 0 aromatic heterocycles. The quantitative estimate of drug-likeness (QED) is 0.0188. The van der Waals surface area contributed by atoms with Gasteiger partial charge >= 0.3 is 11.9 Å². The van der Waals surface area contributed by atoms with E-state index in [-0.39, 0.29) is 50.7 Å². The standard InChI is InChI=1S/C38H64N14O15/c1-16(2)11-19(39)31(60)50-23(13-26(41)55)36(65)52-10-6-8-24(52)35(64)48-20(7-5-9-44-38(42)43)32(61)45-15-27(56)47-22(14-28(57)58)33(62)46-17(3)30(59)49-21(12-25(40)54)34(63)51-29(18(4)53)37(66)67/h16-24,29,53H,5-15,39H2,1-4H3,(H2,40,54)(H2,41,55)(H,45,61)(H,46,62)(H,47,56)(H,48,64)(H,49,59)(H,50,60)(H,51,63)(H,57,58)(H,66,67)(H4,42,43,44)/t17-,18+,19-,20-,21-,22-,23-,24-,29-/m0/s1. The number of aliphatic imine (C=N–C) groups is 1. The predicted molar refractivity (Wildman–Crippen MR) is 232 cm³/mol. The highest BCUT2D eigenvalue weighted by Crippen LogP contribution is 2.20. The van der Waals surface area contributed by atoms with Crippen LogP contribution in [-0.2, 0) is 57.5 Å². The molecule has 0 radical (unpaired) electrons. The van der Waals surface area contributed by atoms with Gasteiger partial charge in [-0.1, -0.05) is 13.8 Å². The molecule has 0 unspecified atom stereocenters. The van der Waals surface area contributed by atoms with E-state index in [1.807, 2.05) is 19.2 Å². The number of nitrogens with one attached hydrogen (secondary N) is 7. The highest BCUT2D eigenvalue weighted by atomic mass is 16.4. The van der Waals surface area contributed by atoms with Crippen LogP contribution in [0.15, 0.2) is 4.99 Å². The number of primary amides is 2. The second kappa shape index (κ2) is 28.0. The summed E-state index contributed by atoms with van der Waals surface area (Å²) in [7, 11) is 0. The van der Waals surface area contributed by atoms with Crippen LogP contribution >= 0.6 is 0 Å². The van der Waals surface area contributed by atoms with Crippen molar-refractivity contribution in [3.8, 4) is 0 Å². The summed E-state index contributed by atoms with van der Waals surface area (Å²) in [5.41, 5.74) is 27.2. The molecular formula is C38H64N14O15. The lowest BCUT2D eigenvalue weighted by Gasteiger charge is -2.30. The molecule has 376 valence electrons. The van der Waals surface area contributed by atoms with Crippen LogP contribution in [0.3, 0.4) is 0 Å². The van der Waals surface area contributed by atoms with Crippen molar-refractivity contribution in [3.63, 3.8) is 0 Å². The minimum atomic E-state index is -1.88. The summed E-state index contributed by atoms with van der Waals surface area (Å²) < 4.78 is 0. The predicted octanol–water partition coefficient (Wildman–Crippen LogP) is -7.86. The van der Waals surface area contributed by atoms with Gasteiger partial charge in [0.25, 0.3) is 0 Å². The lowest BCUT2D eigenvalue weighted by atomic mass is 10.0. The summed E-state index contributed by atoms with van der Waals surface area (Å²) in [6.45, 7) is 4.92. The molecule has 1 saturated heterocycles. The van der Waals surface area contributed by atoms with Crippen molar-refractivity contribution < 1.29 is 72.9 Å². The number of nitrogens with two attached hydrogens (primary N) is 5. The average Bonchev–Trinajstić information content (AvgIpc) is 3.71. The molecule has 10 amide bonds. The van der Waals surface area contributed by atoms with Gasteiger partial charge < -0.3 is 86.1 Å². The Balaban J connectivity index is 3.15. The molecule has 1 heterocycles. The summed E-state index contributed by atoms with van der Waals surface area (Å²) in [4.78, 5) is 157. The molecule has 0 aliphatic carbocycles. The maximum absolute atomic E-state index is 13.7. The molecule has 1 aliphatic rings. The molecule has 1 aliphatic heterocycles. The third-order valence-corrected chi connectivity index (χ3v) is 9.79. The summed E-state index contributed by atoms with van der Waals surface area (Å²) in [5.74, 6) is -13.5. The van der Waals surface area contributed by atoms with Gasteiger partial charge in [0.15, 0.2) is 12.0 Å². The molecule has 20 N–H and O–H groups in total. The number of aliphatic carboxylic acids is 2. The molecule has 0 aromatic rings. The van der Waals surface area contributed by atoms with E-state index in [0.717, 1.165) is 18.7 Å². The first-order valence-corrected chi connectivity index (χ1v) is 21.0. The number of carbonyl (C=O) groups is 12. The number of carboxylic acids is 2. The fourth-order valence-electron chi connectivity index (χ4n) is 6.49. The zero-order valence-corrected chi connectivity index (χ0v) is 37.6. The monoisotopic (exact) mass is 956 g/mol. The van der Waals surface area contributed by atoms with E-state index in [9.17, 15) is 72.9 Å². The van der Waals surface area contributed by atoms with E-state index >= 15 is 0 Å². The minimum absolute atomic E-state index is 0.000444. The molecule has 67 heavy (non-hydrogen) atoms. The third kappa shape index (κ3) is 21.1. The van der Waals surface area contributed by atoms with Gasteiger partial charge in [-0.25, -0.2) is 4.79 Å². The first kappa shape index (κ1) is 57.8. The first-order chi connectivity index (χ1) is 31.1. The van der Waals surface area contributed by atoms with Gasteiger partial charge in [0.05, 0.1) is 38.0 Å². The van der Waals surface area contributed by atoms with Gasteiger partial charge in [-0.05, 0) is 51.9 Å². The van der Waals surface area contributed by atoms with Crippen LogP contribution in [-0.4, -0.2) is 171 Å². The lowest BCUT2D eigenvalue weighted by molar-refractivity contribution is -0.145. The number of likely N-dealkylation sites (tertiary alicyclic amines) is 1. The second-order valence-corrected chi connectivity index (χ2v) is 16.1. The van der Waals surface area contributed by atoms with E-state index in [2.05, 4.69) is 36.9 Å². The number of carbonyl (C=O) groups excluding carboxylic acids is 10. The highest BCUT2D eigenvalue weighted by molar-refractivity contribution is 5.99. The number of guanidine groups is 1. The summed E-state index contributed by atoms with van der Waals surface area (Å²) >= 11 is 0. The summed E-state index contributed by atoms with van der Waals surface area (Å²) in [6.07, 6.45) is -3.43. The number of hydrogen-bond donors (Lipinski definition) is 15. The molecular weight excluding hydrogens is 893 g/mol. The van der Waals surface area contributed by atoms with Gasteiger partial charge in [-0.3, -0.25) is 57.7 Å². The maximum atomic E-state index is 13.7. The van der Waals surface area contributed by atoms with E-state index in [4.69, 9.17) is 28.7 Å². The molecule has 0 bridgehead atoms. The molecule has 1 rings (SSSR count). The normalized spacial score (nSPS) is 16.8. The fourth-order valence-corrected chi connectivity index (χ4v) is 6.49. The van der Waals surface area contributed by atoms with Crippen LogP contribution in [0.4, 0.5) is 0 Å². The molecule has 1 fully saturated rings. The van der Waals surface area contributed by atoms with Gasteiger partial charge in [0.1, 0.15) is 36.3 Å². The second-order valence-electron chi connectivity index (χ2n) is 16.1. The van der Waals surface area contributed by atoms with Crippen molar-refractivity contribution in [2.45, 2.75) is 134 Å². The zero-order chi connectivity index (χ0) is 51.3. The number of nitrogens with zero attached hydrogens (tertiary/aromatic N) is 2. The molecule has 9 atom stereocenters. The Bertz CT molecular complexity index is 1880. The summed E-state index contributed by atoms with van der Waals surface area (Å²) in [5, 5.41) is 43.9. The fraction of sp³-hybridized carbons (Fsp3) is 0.658. The highest BCUT2D eigenvalue weighted by Gasteiger charge is 2.40. The van der Waals surface area contributed by atoms with Crippen LogP contribution in [0.25, 0.3) is 0 Å². The Kier molecular flexibility index (Phi) is 24.2. The van der Waals surface area contributed by atoms with E-state index in [1.54, 1.807) is 0 Å². The largest absolute Gasteiger partial charge is 0.481 e. The van der Waals surface area contributed by atoms with Crippen LogP contribution in [0, 0.1) is 5.92 Å². The van der Waals surface area contributed by atoms with Gasteiger partial charge in [-0.15, -0.1) is 0 Å². The number of amides is 10. The molecule has 29 nitrogen and oxygen atoms in total. The molecule has 29 heteroatoms. The van der Waals surface area contributed by atoms with Crippen LogP contribution in [0.5, 0.6) is 0 Å². The SMILES string of the molecule is CC(C)C[C@H](N)C(=O)N[C@@H](CC(N)=O)C(=O)N1CCC[C@H]1C(=O)N[C@@H](CCCN=C(N)N)C(=O)NCC(=O)N[C@@H](CC(=O)O)C(=O)N[C@@H](C)C(=O)N[C@@H](CC(N)=O)C(=O)N[C@H](C(=O)O)[C@@H](C)O. The number of aliphatic hydroxyl groups excluding tert-OH is 1. The topological polar surface area (TPSA) is 495 Å². The minimum Gasteiger partial charge on any atom is -0.481 e. The average molecular weight is 957 g/mol. The smallest absolute Gasteiger partial charge is 0.328 e. The van der Waals surface area contributed by atoms with Gasteiger partial charge in [0, 0.05) is 13.1 Å². The van der Waals surface area contributed by atoms with Crippen molar-refractivity contribution in [2.24, 2.45) is 39.6 Å². The molecule has 0 aromatic carbocycles. The molecule has 0 spiro atoms. The Labute approximate surface area is 384 Å². The van der Waals surface area contributed by atoms with Crippen molar-refractivity contribution in [2.75, 3.05) is 19.6 Å². The first-order valence-electron chi connectivity index (χ1n) is 21.0. The maximum Gasteiger partial charge on any atom is 0.328 e. The Morgan fingerprint density at radius 3 is 1.79 bits per heavy atom. The Hall–Kier alpha value is -7.17. The van der Waals surface area contributed by atoms with Crippen LogP contribution < -0.4 is 65.9 Å². The van der Waals surface area contributed by atoms with Crippen molar-refractivity contribution >= 4 is 77.0 Å². The zero-order valence-electron chi connectivity index (χ0n) is 37.6. The lowest BCUT2D eigenvalue weighted by Crippen LogP contribution is -2.59. The van der Waals surface area contributed by atoms with Crippen molar-refractivity contribution in [1.29, 1.82) is 0 Å². The van der Waals surface area contributed by atoms with Gasteiger partial charge in [-0.2, -0.15) is 0 Å². The number of carboxylic acid groups (broad SMARTS) is 2. The Morgan fingerprint density at radius 1 is 0.687 bits per heavy atom. The van der Waals surface area contributed by atoms with Crippen molar-refractivity contribution in [3.05, 3.63) is 0 Å². The molecule has 0 saturated carbocycles. The van der Waals surface area contributed by atoms with Crippen LogP contribution in [0.2, 0.25) is 0 Å². The van der Waals surface area contributed by atoms with E-state index in [0.29, 0.717) is 6.42 Å². The third-order valence-electron chi connectivity index (χ3n) is 9.79. The van der Waals surface area contributed by atoms with E-state index < -0.39 is 151 Å². The number of hydrogen-bond acceptors (Lipinski definition) is 15. The number of aliphatic hydroxyl groups is 1. The van der Waals surface area contributed by atoms with Crippen LogP contribution in [0.1, 0.15) is 79.1 Å². The van der Waals surface area contributed by atoms with E-state index in [1.165, 1.54) is 0 Å². The van der Waals surface area contributed by atoms with Gasteiger partial charge in [0.2, 0.25) is 59.1 Å². The van der Waals surface area contributed by atoms with Crippen molar-refractivity contribution in [1.82, 2.24) is 42.1 Å². The Morgan fingerprint density at radius 2 is 1.25 bits per heavy atom. The summed E-state index contributed by atoms with van der Waals surface area (Å²) in [6, 6.07) is -12.2.